The van der Waals surface area contributed by atoms with Gasteiger partial charge in [-0.3, -0.25) is 4.79 Å². The van der Waals surface area contributed by atoms with Gasteiger partial charge in [0.25, 0.3) is 0 Å². The zero-order valence-corrected chi connectivity index (χ0v) is 6.16. The molecule has 0 saturated carbocycles. The summed E-state index contributed by atoms with van der Waals surface area (Å²) >= 11 is 0. The molecule has 0 amide bonds. The molecule has 8 heavy (non-hydrogen) atoms. The number of hydrogen-bond acceptors (Lipinski definition) is 1. The molecule has 1 N–H and O–H groups in total. The fraction of sp³-hybridized carbons (Fsp3) is 0.800. The standard InChI is InChI=1S/C5H10O2.Ni/c1-5(2,3)4(6)7;/h1-3H3,(H,6,7);. The van der Waals surface area contributed by atoms with Crippen LogP contribution >= 0.6 is 0 Å². The summed E-state index contributed by atoms with van der Waals surface area (Å²) in [6.45, 7) is 4.99. The largest absolute Gasteiger partial charge is 0.481 e. The van der Waals surface area contributed by atoms with Crippen molar-refractivity contribution in [3.8, 4) is 0 Å². The fourth-order valence-corrected chi connectivity index (χ4v) is 0. The molecule has 0 rings (SSSR count). The second-order valence-corrected chi connectivity index (χ2v) is 2.56. The smallest absolute Gasteiger partial charge is 0.308 e. The molecule has 0 aliphatic rings. The Morgan fingerprint density at radius 3 is 1.50 bits per heavy atom. The fourth-order valence-electron chi connectivity index (χ4n) is 0. The Hall–Kier alpha value is -0.0365. The average molecular weight is 161 g/mol. The first-order chi connectivity index (χ1) is 2.94. The van der Waals surface area contributed by atoms with Crippen LogP contribution in [0.2, 0.25) is 0 Å². The molecule has 0 aromatic rings. The maximum absolute atomic E-state index is 10.0. The third-order valence-corrected chi connectivity index (χ3v) is 0.642. The molecule has 0 aromatic carbocycles. The molecule has 0 bridgehead atoms. The molecule has 0 aromatic heterocycles. The Labute approximate surface area is 59.2 Å². The quantitative estimate of drug-likeness (QED) is 0.540. The molecule has 0 fully saturated rings. The van der Waals surface area contributed by atoms with Crippen molar-refractivity contribution in [2.24, 2.45) is 5.41 Å². The minimum Gasteiger partial charge on any atom is -0.481 e. The zero-order chi connectivity index (χ0) is 6.08. The summed E-state index contributed by atoms with van der Waals surface area (Å²) in [6, 6.07) is 0. The number of carboxylic acids is 1. The Balaban J connectivity index is 0. The van der Waals surface area contributed by atoms with Crippen LogP contribution < -0.4 is 0 Å². The molecule has 3 heteroatoms. The third-order valence-electron chi connectivity index (χ3n) is 0.642. The van der Waals surface area contributed by atoms with E-state index in [9.17, 15) is 4.79 Å². The number of carboxylic acid groups (broad SMARTS) is 1. The molecule has 2 nitrogen and oxygen atoms in total. The van der Waals surface area contributed by atoms with Crippen LogP contribution in [0.3, 0.4) is 0 Å². The first kappa shape index (κ1) is 10.9. The van der Waals surface area contributed by atoms with E-state index in [1.807, 2.05) is 0 Å². The number of rotatable bonds is 0. The molecule has 0 saturated heterocycles. The van der Waals surface area contributed by atoms with Gasteiger partial charge in [-0.1, -0.05) is 0 Å². The Morgan fingerprint density at radius 1 is 1.38 bits per heavy atom. The molecular formula is C5H10NiO2. The van der Waals surface area contributed by atoms with Crippen molar-refractivity contribution in [2.45, 2.75) is 20.8 Å². The monoisotopic (exact) mass is 160 g/mol. The van der Waals surface area contributed by atoms with E-state index < -0.39 is 11.4 Å². The SMILES string of the molecule is CC(C)(C)C(=O)O.[Ni]. The van der Waals surface area contributed by atoms with Crippen molar-refractivity contribution in [3.05, 3.63) is 0 Å². The zero-order valence-electron chi connectivity index (χ0n) is 5.17. The molecule has 0 unspecified atom stereocenters. The summed E-state index contributed by atoms with van der Waals surface area (Å²) in [6.07, 6.45) is 0. The summed E-state index contributed by atoms with van der Waals surface area (Å²) in [5.74, 6) is -0.757. The van der Waals surface area contributed by atoms with E-state index in [-0.39, 0.29) is 16.5 Å². The van der Waals surface area contributed by atoms with Crippen molar-refractivity contribution in [3.63, 3.8) is 0 Å². The summed E-state index contributed by atoms with van der Waals surface area (Å²) in [4.78, 5) is 10.0. The van der Waals surface area contributed by atoms with Gasteiger partial charge < -0.3 is 5.11 Å². The van der Waals surface area contributed by atoms with Crippen LogP contribution in [0, 0.1) is 5.41 Å². The van der Waals surface area contributed by atoms with Gasteiger partial charge in [0.2, 0.25) is 0 Å². The Kier molecular flexibility index (Phi) is 4.18. The number of hydrogen-bond donors (Lipinski definition) is 1. The minimum atomic E-state index is -0.757. The van der Waals surface area contributed by atoms with Gasteiger partial charge in [-0.25, -0.2) is 0 Å². The van der Waals surface area contributed by atoms with Gasteiger partial charge in [0.1, 0.15) is 0 Å². The summed E-state index contributed by atoms with van der Waals surface area (Å²) in [5.41, 5.74) is -0.583. The van der Waals surface area contributed by atoms with E-state index in [2.05, 4.69) is 0 Å². The molecule has 52 valence electrons. The van der Waals surface area contributed by atoms with Crippen molar-refractivity contribution >= 4 is 5.97 Å². The van der Waals surface area contributed by atoms with Gasteiger partial charge in [0.15, 0.2) is 0 Å². The van der Waals surface area contributed by atoms with Crippen molar-refractivity contribution in [1.82, 2.24) is 0 Å². The number of carbonyl (C=O) groups is 1. The first-order valence-electron chi connectivity index (χ1n) is 2.18. The second-order valence-electron chi connectivity index (χ2n) is 2.56. The van der Waals surface area contributed by atoms with E-state index in [1.165, 1.54) is 0 Å². The maximum atomic E-state index is 10.0. The molecule has 0 radical (unpaired) electrons. The number of aliphatic carboxylic acids is 1. The van der Waals surface area contributed by atoms with Gasteiger partial charge in [-0.2, -0.15) is 0 Å². The van der Waals surface area contributed by atoms with Crippen molar-refractivity contribution in [2.75, 3.05) is 0 Å². The summed E-state index contributed by atoms with van der Waals surface area (Å²) in [7, 11) is 0. The first-order valence-corrected chi connectivity index (χ1v) is 2.18. The average Bonchev–Trinajstić information content (AvgIpc) is 1.31. The predicted octanol–water partition coefficient (Wildman–Crippen LogP) is 1.11. The summed E-state index contributed by atoms with van der Waals surface area (Å²) in [5, 5.41) is 8.25. The van der Waals surface area contributed by atoms with E-state index in [1.54, 1.807) is 20.8 Å². The van der Waals surface area contributed by atoms with Gasteiger partial charge in [0.05, 0.1) is 5.41 Å². The van der Waals surface area contributed by atoms with Crippen LogP contribution in [0.25, 0.3) is 0 Å². The molecule has 0 spiro atoms. The molecule has 0 heterocycles. The molecule has 0 atom stereocenters. The van der Waals surface area contributed by atoms with Crippen LogP contribution in [0.5, 0.6) is 0 Å². The van der Waals surface area contributed by atoms with Gasteiger partial charge in [0, 0.05) is 16.5 Å². The molecular weight excluding hydrogens is 151 g/mol. The predicted molar refractivity (Wildman–Crippen MR) is 27.1 cm³/mol. The van der Waals surface area contributed by atoms with Gasteiger partial charge in [-0.05, 0) is 20.8 Å². The van der Waals surface area contributed by atoms with Crippen molar-refractivity contribution in [1.29, 1.82) is 0 Å². The second kappa shape index (κ2) is 3.08. The summed E-state index contributed by atoms with van der Waals surface area (Å²) < 4.78 is 0. The van der Waals surface area contributed by atoms with Crippen LogP contribution in [-0.4, -0.2) is 11.1 Å². The van der Waals surface area contributed by atoms with Gasteiger partial charge in [-0.15, -0.1) is 0 Å². The molecule has 0 aliphatic carbocycles. The van der Waals surface area contributed by atoms with Gasteiger partial charge >= 0.3 is 5.97 Å². The van der Waals surface area contributed by atoms with E-state index in [4.69, 9.17) is 5.11 Å². The molecule has 0 aliphatic heterocycles. The normalized spacial score (nSPS) is 9.88. The minimum absolute atomic E-state index is 0. The van der Waals surface area contributed by atoms with Crippen LogP contribution in [0.15, 0.2) is 0 Å². The van der Waals surface area contributed by atoms with Crippen LogP contribution in [0.1, 0.15) is 20.8 Å². The van der Waals surface area contributed by atoms with Crippen molar-refractivity contribution < 1.29 is 26.4 Å². The topological polar surface area (TPSA) is 37.3 Å². The van der Waals surface area contributed by atoms with Crippen LogP contribution in [-0.2, 0) is 21.3 Å². The van der Waals surface area contributed by atoms with E-state index in [0.29, 0.717) is 0 Å². The Morgan fingerprint density at radius 2 is 1.50 bits per heavy atom. The third kappa shape index (κ3) is 4.13. The van der Waals surface area contributed by atoms with Crippen LogP contribution in [0.4, 0.5) is 0 Å². The van der Waals surface area contributed by atoms with E-state index >= 15 is 0 Å². The maximum Gasteiger partial charge on any atom is 0.308 e. The van der Waals surface area contributed by atoms with E-state index in [0.717, 1.165) is 0 Å². The Bertz CT molecular complexity index is 82.9.